The van der Waals surface area contributed by atoms with Crippen LogP contribution in [0.5, 0.6) is 0 Å². The molecule has 0 rings (SSSR count). The molecule has 0 spiro atoms. The van der Waals surface area contributed by atoms with Crippen LogP contribution in [0.2, 0.25) is 0 Å². The van der Waals surface area contributed by atoms with Gasteiger partial charge in [0.15, 0.2) is 0 Å². The van der Waals surface area contributed by atoms with Gasteiger partial charge in [-0.25, -0.2) is 4.79 Å². The number of ether oxygens (including phenoxy) is 3. The van der Waals surface area contributed by atoms with Crippen molar-refractivity contribution >= 4 is 17.9 Å². The Morgan fingerprint density at radius 2 is 1.33 bits per heavy atom. The van der Waals surface area contributed by atoms with E-state index < -0.39 is 24.0 Å². The van der Waals surface area contributed by atoms with Gasteiger partial charge in [-0.2, -0.15) is 0 Å². The lowest BCUT2D eigenvalue weighted by Gasteiger charge is -2.15. The van der Waals surface area contributed by atoms with Crippen molar-refractivity contribution in [3.8, 4) is 0 Å². The van der Waals surface area contributed by atoms with E-state index in [1.165, 1.54) is 25.7 Å². The molecule has 0 saturated heterocycles. The van der Waals surface area contributed by atoms with Crippen LogP contribution in [0.4, 0.5) is 0 Å². The van der Waals surface area contributed by atoms with Gasteiger partial charge < -0.3 is 14.2 Å². The van der Waals surface area contributed by atoms with Crippen molar-refractivity contribution in [1.82, 2.24) is 0 Å². The van der Waals surface area contributed by atoms with E-state index in [1.54, 1.807) is 13.8 Å². The van der Waals surface area contributed by atoms with Crippen LogP contribution >= 0.6 is 0 Å². The third-order valence-electron chi connectivity index (χ3n) is 3.47. The van der Waals surface area contributed by atoms with Crippen LogP contribution in [0.3, 0.4) is 0 Å². The second-order valence-corrected chi connectivity index (χ2v) is 5.61. The molecule has 0 unspecified atom stereocenters. The summed E-state index contributed by atoms with van der Waals surface area (Å²) in [5.41, 5.74) is 0. The highest BCUT2D eigenvalue weighted by Crippen LogP contribution is 2.11. The maximum Gasteiger partial charge on any atom is 0.348 e. The molecule has 0 radical (unpaired) electrons. The first-order chi connectivity index (χ1) is 11.5. The zero-order valence-corrected chi connectivity index (χ0v) is 15.3. The molecule has 0 heterocycles. The van der Waals surface area contributed by atoms with Crippen LogP contribution in [0.15, 0.2) is 0 Å². The molecule has 0 aromatic carbocycles. The summed E-state index contributed by atoms with van der Waals surface area (Å²) in [6.07, 6.45) is 6.35. The minimum atomic E-state index is -1.22. The topological polar surface area (TPSA) is 78.9 Å². The van der Waals surface area contributed by atoms with E-state index in [2.05, 4.69) is 6.92 Å². The van der Waals surface area contributed by atoms with Gasteiger partial charge in [-0.15, -0.1) is 0 Å². The Bertz CT molecular complexity index is 367. The van der Waals surface area contributed by atoms with E-state index in [0.717, 1.165) is 19.3 Å². The highest BCUT2D eigenvalue weighted by Gasteiger charge is 2.27. The number of hydrogen-bond donors (Lipinski definition) is 0. The van der Waals surface area contributed by atoms with Gasteiger partial charge in [-0.3, -0.25) is 9.59 Å². The molecule has 0 aromatic rings. The summed E-state index contributed by atoms with van der Waals surface area (Å²) in [5.74, 6) is -1.77. The number of esters is 3. The second kappa shape index (κ2) is 15.0. The normalized spacial score (nSPS) is 11.6. The summed E-state index contributed by atoms with van der Waals surface area (Å²) in [5, 5.41) is 0. The van der Waals surface area contributed by atoms with Crippen LogP contribution in [-0.2, 0) is 28.6 Å². The first kappa shape index (κ1) is 22.4. The highest BCUT2D eigenvalue weighted by atomic mass is 16.6. The van der Waals surface area contributed by atoms with Crippen molar-refractivity contribution in [3.63, 3.8) is 0 Å². The largest absolute Gasteiger partial charge is 0.466 e. The zero-order chi connectivity index (χ0) is 18.2. The maximum atomic E-state index is 11.9. The summed E-state index contributed by atoms with van der Waals surface area (Å²) in [7, 11) is 0. The van der Waals surface area contributed by atoms with Gasteiger partial charge in [0.2, 0.25) is 6.10 Å². The SMILES string of the molecule is CCCCCCCCCC(=O)O[C@H](CC(=O)OCC)C(=O)OCC. The molecule has 6 heteroatoms. The zero-order valence-electron chi connectivity index (χ0n) is 15.3. The van der Waals surface area contributed by atoms with Crippen molar-refractivity contribution in [2.45, 2.75) is 84.7 Å². The third kappa shape index (κ3) is 11.9. The molecular formula is C18H32O6. The molecular weight excluding hydrogens is 312 g/mol. The standard InChI is InChI=1S/C18H32O6/c1-4-7-8-9-10-11-12-13-16(19)24-15(18(21)23-6-3)14-17(20)22-5-2/h15H,4-14H2,1-3H3/t15-/m1/s1. The minimum absolute atomic E-state index is 0.160. The predicted octanol–water partition coefficient (Wildman–Crippen LogP) is 3.56. The van der Waals surface area contributed by atoms with Crippen molar-refractivity contribution < 1.29 is 28.6 Å². The van der Waals surface area contributed by atoms with Crippen LogP contribution in [0, 0.1) is 0 Å². The first-order valence-electron chi connectivity index (χ1n) is 9.06. The predicted molar refractivity (Wildman–Crippen MR) is 90.4 cm³/mol. The van der Waals surface area contributed by atoms with Crippen molar-refractivity contribution in [2.75, 3.05) is 13.2 Å². The average molecular weight is 344 g/mol. The van der Waals surface area contributed by atoms with E-state index in [1.807, 2.05) is 0 Å². The fourth-order valence-electron chi connectivity index (χ4n) is 2.22. The lowest BCUT2D eigenvalue weighted by molar-refractivity contribution is -0.171. The second-order valence-electron chi connectivity index (χ2n) is 5.61. The van der Waals surface area contributed by atoms with Gasteiger partial charge in [0.05, 0.1) is 19.6 Å². The Kier molecular flexibility index (Phi) is 14.0. The molecule has 6 nitrogen and oxygen atoms in total. The van der Waals surface area contributed by atoms with Gasteiger partial charge in [0.1, 0.15) is 0 Å². The van der Waals surface area contributed by atoms with Crippen LogP contribution in [-0.4, -0.2) is 37.2 Å². The quantitative estimate of drug-likeness (QED) is 0.272. The monoisotopic (exact) mass is 344 g/mol. The molecule has 0 fully saturated rings. The summed E-state index contributed by atoms with van der Waals surface area (Å²) >= 11 is 0. The Labute approximate surface area is 145 Å². The third-order valence-corrected chi connectivity index (χ3v) is 3.47. The smallest absolute Gasteiger partial charge is 0.348 e. The van der Waals surface area contributed by atoms with Crippen LogP contribution in [0.25, 0.3) is 0 Å². The lowest BCUT2D eigenvalue weighted by Crippen LogP contribution is -2.32. The first-order valence-corrected chi connectivity index (χ1v) is 9.06. The van der Waals surface area contributed by atoms with Crippen molar-refractivity contribution in [1.29, 1.82) is 0 Å². The van der Waals surface area contributed by atoms with E-state index >= 15 is 0 Å². The molecule has 24 heavy (non-hydrogen) atoms. The average Bonchev–Trinajstić information content (AvgIpc) is 2.54. The van der Waals surface area contributed by atoms with Gasteiger partial charge in [-0.1, -0.05) is 45.4 Å². The Hall–Kier alpha value is -1.59. The van der Waals surface area contributed by atoms with E-state index in [9.17, 15) is 14.4 Å². The number of unbranched alkanes of at least 4 members (excludes halogenated alkanes) is 6. The molecule has 140 valence electrons. The Balaban J connectivity index is 4.14. The fraction of sp³-hybridized carbons (Fsp3) is 0.833. The Morgan fingerprint density at radius 3 is 1.92 bits per heavy atom. The fourth-order valence-corrected chi connectivity index (χ4v) is 2.22. The van der Waals surface area contributed by atoms with E-state index in [0.29, 0.717) is 0 Å². The van der Waals surface area contributed by atoms with Gasteiger partial charge in [0.25, 0.3) is 0 Å². The molecule has 0 aliphatic rings. The molecule has 0 saturated carbocycles. The number of carbonyl (C=O) groups excluding carboxylic acids is 3. The molecule has 0 aliphatic carbocycles. The van der Waals surface area contributed by atoms with E-state index in [4.69, 9.17) is 14.2 Å². The molecule has 0 bridgehead atoms. The summed E-state index contributed by atoms with van der Waals surface area (Å²) in [4.78, 5) is 35.2. The highest BCUT2D eigenvalue weighted by molar-refractivity contribution is 5.84. The van der Waals surface area contributed by atoms with E-state index in [-0.39, 0.29) is 26.1 Å². The summed E-state index contributed by atoms with van der Waals surface area (Å²) in [6, 6.07) is 0. The molecule has 0 aromatic heterocycles. The van der Waals surface area contributed by atoms with Crippen molar-refractivity contribution in [2.24, 2.45) is 0 Å². The number of hydrogen-bond acceptors (Lipinski definition) is 6. The Morgan fingerprint density at radius 1 is 0.750 bits per heavy atom. The van der Waals surface area contributed by atoms with Crippen LogP contribution in [0.1, 0.15) is 78.6 Å². The molecule has 0 amide bonds. The maximum absolute atomic E-state index is 11.9. The number of rotatable bonds is 14. The van der Waals surface area contributed by atoms with Gasteiger partial charge in [0, 0.05) is 6.42 Å². The van der Waals surface area contributed by atoms with Gasteiger partial charge in [-0.05, 0) is 20.3 Å². The van der Waals surface area contributed by atoms with Crippen molar-refractivity contribution in [3.05, 3.63) is 0 Å². The van der Waals surface area contributed by atoms with Gasteiger partial charge >= 0.3 is 17.9 Å². The molecule has 1 atom stereocenters. The lowest BCUT2D eigenvalue weighted by atomic mass is 10.1. The van der Waals surface area contributed by atoms with Crippen LogP contribution < -0.4 is 0 Å². The summed E-state index contributed by atoms with van der Waals surface area (Å²) < 4.78 is 14.7. The molecule has 0 N–H and O–H groups in total. The molecule has 0 aliphatic heterocycles. The summed E-state index contributed by atoms with van der Waals surface area (Å²) in [6.45, 7) is 5.86. The minimum Gasteiger partial charge on any atom is -0.466 e. The number of carbonyl (C=O) groups is 3.